The number of rotatable bonds is 5. The third kappa shape index (κ3) is 4.80. The Kier molecular flexibility index (Phi) is 6.05. The van der Waals surface area contributed by atoms with Crippen LogP contribution >= 0.6 is 0 Å². The SMILES string of the molecule is CC(C)Oc1ccc(C(=O)N2C[C@@H]3CC[C@H]2CN(CC(=O)N(C)C)C3)cc1. The van der Waals surface area contributed by atoms with Gasteiger partial charge < -0.3 is 14.5 Å². The van der Waals surface area contributed by atoms with Gasteiger partial charge in [0.1, 0.15) is 5.75 Å². The molecule has 2 atom stereocenters. The number of piperidine rings is 1. The van der Waals surface area contributed by atoms with Gasteiger partial charge in [0.05, 0.1) is 12.6 Å². The van der Waals surface area contributed by atoms with Crippen molar-refractivity contribution in [3.8, 4) is 5.75 Å². The molecule has 148 valence electrons. The monoisotopic (exact) mass is 373 g/mol. The van der Waals surface area contributed by atoms with Gasteiger partial charge in [0.15, 0.2) is 0 Å². The van der Waals surface area contributed by atoms with Gasteiger partial charge in [-0.05, 0) is 56.9 Å². The minimum Gasteiger partial charge on any atom is -0.491 e. The first-order valence-corrected chi connectivity index (χ1v) is 9.83. The van der Waals surface area contributed by atoms with Crippen molar-refractivity contribution < 1.29 is 14.3 Å². The predicted molar refractivity (Wildman–Crippen MR) is 105 cm³/mol. The molecule has 4 rings (SSSR count). The molecule has 0 saturated carbocycles. The lowest BCUT2D eigenvalue weighted by Gasteiger charge is -2.36. The van der Waals surface area contributed by atoms with E-state index in [9.17, 15) is 9.59 Å². The van der Waals surface area contributed by atoms with E-state index >= 15 is 0 Å². The molecule has 1 aromatic rings. The van der Waals surface area contributed by atoms with Gasteiger partial charge in [-0.15, -0.1) is 0 Å². The Hall–Kier alpha value is -2.08. The van der Waals surface area contributed by atoms with Gasteiger partial charge in [-0.25, -0.2) is 0 Å². The van der Waals surface area contributed by atoms with E-state index in [2.05, 4.69) is 4.90 Å². The molecule has 3 saturated heterocycles. The number of amides is 2. The highest BCUT2D eigenvalue weighted by Crippen LogP contribution is 2.29. The lowest BCUT2D eigenvalue weighted by atomic mass is 9.94. The zero-order valence-corrected chi connectivity index (χ0v) is 16.9. The first kappa shape index (κ1) is 19.7. The summed E-state index contributed by atoms with van der Waals surface area (Å²) in [6.45, 7) is 6.85. The Balaban J connectivity index is 1.68. The number of benzene rings is 1. The molecule has 0 aromatic heterocycles. The predicted octanol–water partition coefficient (Wildman–Crippen LogP) is 2.10. The van der Waals surface area contributed by atoms with E-state index in [4.69, 9.17) is 4.74 Å². The number of carbonyl (C=O) groups is 2. The van der Waals surface area contributed by atoms with Crippen LogP contribution in [0.3, 0.4) is 0 Å². The minimum atomic E-state index is 0.0848. The Morgan fingerprint density at radius 2 is 1.81 bits per heavy atom. The van der Waals surface area contributed by atoms with Gasteiger partial charge in [-0.3, -0.25) is 14.5 Å². The summed E-state index contributed by atoms with van der Waals surface area (Å²) >= 11 is 0. The molecule has 2 bridgehead atoms. The highest BCUT2D eigenvalue weighted by Gasteiger charge is 2.37. The molecule has 3 fully saturated rings. The molecule has 0 unspecified atom stereocenters. The van der Waals surface area contributed by atoms with Crippen molar-refractivity contribution >= 4 is 11.8 Å². The van der Waals surface area contributed by atoms with Crippen molar-refractivity contribution in [2.75, 3.05) is 40.3 Å². The number of likely N-dealkylation sites (N-methyl/N-ethyl adjacent to an activating group) is 1. The fourth-order valence-electron chi connectivity index (χ4n) is 4.00. The summed E-state index contributed by atoms with van der Waals surface area (Å²) in [5, 5.41) is 0. The number of hydrogen-bond donors (Lipinski definition) is 0. The lowest BCUT2D eigenvalue weighted by molar-refractivity contribution is -0.129. The van der Waals surface area contributed by atoms with Crippen LogP contribution in [0.25, 0.3) is 0 Å². The fraction of sp³-hybridized carbons (Fsp3) is 0.619. The van der Waals surface area contributed by atoms with Crippen LogP contribution in [0.1, 0.15) is 37.0 Å². The summed E-state index contributed by atoms with van der Waals surface area (Å²) in [7, 11) is 3.58. The summed E-state index contributed by atoms with van der Waals surface area (Å²) in [6, 6.07) is 7.62. The maximum atomic E-state index is 13.1. The van der Waals surface area contributed by atoms with E-state index in [1.54, 1.807) is 19.0 Å². The zero-order valence-electron chi connectivity index (χ0n) is 16.9. The molecule has 0 aliphatic carbocycles. The minimum absolute atomic E-state index is 0.0848. The van der Waals surface area contributed by atoms with E-state index in [1.807, 2.05) is 43.0 Å². The number of ether oxygens (including phenoxy) is 1. The van der Waals surface area contributed by atoms with E-state index in [0.717, 1.165) is 38.2 Å². The second-order valence-corrected chi connectivity index (χ2v) is 8.23. The van der Waals surface area contributed by atoms with Crippen molar-refractivity contribution in [2.24, 2.45) is 5.92 Å². The van der Waals surface area contributed by atoms with Crippen LogP contribution in [-0.2, 0) is 4.79 Å². The summed E-state index contributed by atoms with van der Waals surface area (Å²) in [4.78, 5) is 31.1. The highest BCUT2D eigenvalue weighted by molar-refractivity contribution is 5.94. The summed E-state index contributed by atoms with van der Waals surface area (Å²) in [6.07, 6.45) is 2.25. The molecule has 0 spiro atoms. The first-order chi connectivity index (χ1) is 12.8. The Morgan fingerprint density at radius 3 is 2.44 bits per heavy atom. The molecule has 0 N–H and O–H groups in total. The molecule has 3 heterocycles. The van der Waals surface area contributed by atoms with Crippen LogP contribution in [0, 0.1) is 5.92 Å². The van der Waals surface area contributed by atoms with Gasteiger partial charge in [0.25, 0.3) is 5.91 Å². The van der Waals surface area contributed by atoms with Gasteiger partial charge in [-0.1, -0.05) is 0 Å². The maximum absolute atomic E-state index is 13.1. The standard InChI is InChI=1S/C21H31N3O3/c1-15(2)27-19-9-6-17(7-10-19)21(26)24-12-16-5-8-18(24)13-23(11-16)14-20(25)22(3)4/h6-7,9-10,15-16,18H,5,8,11-14H2,1-4H3/t16-,18+/m1/s1. The molecular formula is C21H31N3O3. The largest absolute Gasteiger partial charge is 0.491 e. The van der Waals surface area contributed by atoms with Crippen LogP contribution in [0.4, 0.5) is 0 Å². The van der Waals surface area contributed by atoms with E-state index in [-0.39, 0.29) is 24.0 Å². The topological polar surface area (TPSA) is 53.1 Å². The van der Waals surface area contributed by atoms with Crippen molar-refractivity contribution in [1.29, 1.82) is 0 Å². The van der Waals surface area contributed by atoms with E-state index < -0.39 is 0 Å². The van der Waals surface area contributed by atoms with Gasteiger partial charge in [0, 0.05) is 45.3 Å². The second-order valence-electron chi connectivity index (χ2n) is 8.23. The van der Waals surface area contributed by atoms with Crippen LogP contribution < -0.4 is 4.74 Å². The molecule has 2 amide bonds. The molecule has 0 radical (unpaired) electrons. The maximum Gasteiger partial charge on any atom is 0.254 e. The van der Waals surface area contributed by atoms with Gasteiger partial charge >= 0.3 is 0 Å². The molecule has 6 nitrogen and oxygen atoms in total. The van der Waals surface area contributed by atoms with Crippen LogP contribution in [0.15, 0.2) is 24.3 Å². The average molecular weight is 373 g/mol. The molecule has 3 aliphatic heterocycles. The average Bonchev–Trinajstić information content (AvgIpc) is 2.91. The molecule has 27 heavy (non-hydrogen) atoms. The Labute approximate surface area is 162 Å². The van der Waals surface area contributed by atoms with Crippen molar-refractivity contribution in [1.82, 2.24) is 14.7 Å². The normalized spacial score (nSPS) is 22.6. The van der Waals surface area contributed by atoms with Crippen LogP contribution in [-0.4, -0.2) is 78.9 Å². The van der Waals surface area contributed by atoms with Crippen molar-refractivity contribution in [3.05, 3.63) is 29.8 Å². The number of carbonyl (C=O) groups excluding carboxylic acids is 2. The smallest absolute Gasteiger partial charge is 0.254 e. The Morgan fingerprint density at radius 1 is 1.11 bits per heavy atom. The third-order valence-electron chi connectivity index (χ3n) is 5.38. The first-order valence-electron chi connectivity index (χ1n) is 9.83. The lowest BCUT2D eigenvalue weighted by Crippen LogP contribution is -2.47. The fourth-order valence-corrected chi connectivity index (χ4v) is 4.00. The molecule has 6 heteroatoms. The molecule has 3 aliphatic rings. The second kappa shape index (κ2) is 8.30. The third-order valence-corrected chi connectivity index (χ3v) is 5.38. The van der Waals surface area contributed by atoms with E-state index in [1.165, 1.54) is 0 Å². The Bertz CT molecular complexity index is 672. The summed E-state index contributed by atoms with van der Waals surface area (Å²) < 4.78 is 5.67. The molecule has 1 aromatic carbocycles. The summed E-state index contributed by atoms with van der Waals surface area (Å²) in [5.74, 6) is 1.43. The van der Waals surface area contributed by atoms with Crippen molar-refractivity contribution in [2.45, 2.75) is 38.8 Å². The van der Waals surface area contributed by atoms with Gasteiger partial charge in [0.2, 0.25) is 5.91 Å². The summed E-state index contributed by atoms with van der Waals surface area (Å²) in [5.41, 5.74) is 0.703. The number of fused-ring (bicyclic) bond motifs is 4. The number of nitrogens with zero attached hydrogens (tertiary/aromatic N) is 3. The molecular weight excluding hydrogens is 342 g/mol. The quantitative estimate of drug-likeness (QED) is 0.793. The van der Waals surface area contributed by atoms with Crippen molar-refractivity contribution in [3.63, 3.8) is 0 Å². The van der Waals surface area contributed by atoms with Gasteiger partial charge in [-0.2, -0.15) is 0 Å². The van der Waals surface area contributed by atoms with Crippen LogP contribution in [0.5, 0.6) is 5.75 Å². The highest BCUT2D eigenvalue weighted by atomic mass is 16.5. The van der Waals surface area contributed by atoms with E-state index in [0.29, 0.717) is 18.0 Å². The zero-order chi connectivity index (χ0) is 19.6. The number of hydrogen-bond acceptors (Lipinski definition) is 4. The van der Waals surface area contributed by atoms with Crippen LogP contribution in [0.2, 0.25) is 0 Å².